The molecule has 1 atom stereocenters. The van der Waals surface area contributed by atoms with Gasteiger partial charge >= 0.3 is 5.97 Å². The van der Waals surface area contributed by atoms with Crippen LogP contribution in [0.4, 0.5) is 5.69 Å². The van der Waals surface area contributed by atoms with Crippen LogP contribution in [0.15, 0.2) is 29.3 Å². The Morgan fingerprint density at radius 2 is 2.03 bits per heavy atom. The summed E-state index contributed by atoms with van der Waals surface area (Å²) in [5.74, 6) is -0.455. The van der Waals surface area contributed by atoms with Crippen molar-refractivity contribution in [1.82, 2.24) is 9.55 Å². The third-order valence-corrected chi connectivity index (χ3v) is 6.48. The van der Waals surface area contributed by atoms with E-state index in [0.717, 1.165) is 11.3 Å². The highest BCUT2D eigenvalue weighted by atomic mass is 32.1. The highest BCUT2D eigenvalue weighted by molar-refractivity contribution is 7.20. The number of carbonyl (C=O) groups is 3. The van der Waals surface area contributed by atoms with Gasteiger partial charge in [0.15, 0.2) is 12.4 Å². The summed E-state index contributed by atoms with van der Waals surface area (Å²) in [6.07, 6.45) is 1.32. The quantitative estimate of drug-likeness (QED) is 0.435. The predicted octanol–water partition coefficient (Wildman–Crippen LogP) is 3.35. The number of anilines is 1. The zero-order chi connectivity index (χ0) is 23.9. The summed E-state index contributed by atoms with van der Waals surface area (Å²) in [7, 11) is 0. The Bertz CT molecular complexity index is 1340. The number of hydrogen-bond acceptors (Lipinski definition) is 8. The van der Waals surface area contributed by atoms with Crippen LogP contribution in [0.5, 0.6) is 5.75 Å². The van der Waals surface area contributed by atoms with Gasteiger partial charge in [-0.3, -0.25) is 19.0 Å². The Kier molecular flexibility index (Phi) is 6.03. The van der Waals surface area contributed by atoms with E-state index in [1.54, 1.807) is 26.0 Å². The molecule has 0 fully saturated rings. The van der Waals surface area contributed by atoms with Crippen LogP contribution in [-0.4, -0.2) is 40.4 Å². The maximum Gasteiger partial charge on any atom is 0.348 e. The van der Waals surface area contributed by atoms with Gasteiger partial charge in [0.1, 0.15) is 15.5 Å². The third kappa shape index (κ3) is 4.25. The Morgan fingerprint density at radius 1 is 1.27 bits per heavy atom. The fourth-order valence-electron chi connectivity index (χ4n) is 3.52. The van der Waals surface area contributed by atoms with Crippen molar-refractivity contribution in [2.24, 2.45) is 5.92 Å². The Morgan fingerprint density at radius 3 is 2.76 bits per heavy atom. The van der Waals surface area contributed by atoms with E-state index in [1.807, 2.05) is 13.8 Å². The predicted molar refractivity (Wildman–Crippen MR) is 123 cm³/mol. The lowest BCUT2D eigenvalue weighted by atomic mass is 10.0. The number of amides is 1. The first-order valence-electron chi connectivity index (χ1n) is 10.5. The molecule has 10 heteroatoms. The zero-order valence-electron chi connectivity index (χ0n) is 18.6. The number of carbonyl (C=O) groups excluding carboxylic acids is 3. The van der Waals surface area contributed by atoms with Gasteiger partial charge in [-0.25, -0.2) is 9.78 Å². The van der Waals surface area contributed by atoms with Gasteiger partial charge in [0.2, 0.25) is 0 Å². The summed E-state index contributed by atoms with van der Waals surface area (Å²) in [5, 5.41) is 2.96. The molecule has 1 amide bonds. The molecule has 1 aliphatic heterocycles. The maximum atomic E-state index is 13.3. The van der Waals surface area contributed by atoms with Gasteiger partial charge < -0.3 is 14.8 Å². The molecule has 33 heavy (non-hydrogen) atoms. The fourth-order valence-corrected chi connectivity index (χ4v) is 4.55. The normalized spacial score (nSPS) is 13.9. The molecule has 9 nitrogen and oxygen atoms in total. The van der Waals surface area contributed by atoms with E-state index < -0.39 is 17.6 Å². The highest BCUT2D eigenvalue weighted by Crippen LogP contribution is 2.31. The first-order chi connectivity index (χ1) is 15.7. The average Bonchev–Trinajstić information content (AvgIpc) is 3.13. The zero-order valence-corrected chi connectivity index (χ0v) is 19.4. The molecule has 2 aromatic heterocycles. The van der Waals surface area contributed by atoms with Crippen molar-refractivity contribution in [3.8, 4) is 5.75 Å². The molecule has 3 heterocycles. The fraction of sp³-hybridized carbons (Fsp3) is 0.348. The first kappa shape index (κ1) is 22.7. The van der Waals surface area contributed by atoms with E-state index in [0.29, 0.717) is 37.7 Å². The lowest BCUT2D eigenvalue weighted by molar-refractivity contribution is -0.118. The second-order valence-corrected chi connectivity index (χ2v) is 9.27. The van der Waals surface area contributed by atoms with E-state index >= 15 is 0 Å². The number of nitrogens with zero attached hydrogens (tertiary/aromatic N) is 2. The number of nitrogens with one attached hydrogen (secondary N) is 1. The standard InChI is InChI=1S/C23H23N3O6S/c1-11(2)8-32-23(30)20-12(3)18-21(33-20)24-10-26(22(18)29)13(4)19(28)14-5-6-16-15(7-14)25-17(27)9-31-16/h5-7,10-11,13H,8-9H2,1-4H3,(H,25,27). The summed E-state index contributed by atoms with van der Waals surface area (Å²) in [4.78, 5) is 55.5. The number of thiophene rings is 1. The summed E-state index contributed by atoms with van der Waals surface area (Å²) in [6, 6.07) is 3.87. The van der Waals surface area contributed by atoms with Crippen molar-refractivity contribution in [3.63, 3.8) is 0 Å². The molecular formula is C23H23N3O6S. The molecule has 0 bridgehead atoms. The first-order valence-corrected chi connectivity index (χ1v) is 11.3. The largest absolute Gasteiger partial charge is 0.482 e. The van der Waals surface area contributed by atoms with Crippen LogP contribution in [-0.2, 0) is 9.53 Å². The van der Waals surface area contributed by atoms with E-state index in [4.69, 9.17) is 9.47 Å². The Balaban J connectivity index is 1.66. The molecule has 1 N–H and O–H groups in total. The second kappa shape index (κ2) is 8.78. The van der Waals surface area contributed by atoms with Gasteiger partial charge in [0.05, 0.1) is 30.0 Å². The maximum absolute atomic E-state index is 13.3. The number of fused-ring (bicyclic) bond motifs is 2. The van der Waals surface area contributed by atoms with Gasteiger partial charge in [-0.05, 0) is 43.5 Å². The smallest absolute Gasteiger partial charge is 0.348 e. The Labute approximate surface area is 193 Å². The van der Waals surface area contributed by atoms with Crippen LogP contribution in [0.25, 0.3) is 10.2 Å². The highest BCUT2D eigenvalue weighted by Gasteiger charge is 2.25. The number of rotatable bonds is 6. The van der Waals surface area contributed by atoms with Crippen LogP contribution in [0, 0.1) is 12.8 Å². The monoisotopic (exact) mass is 469 g/mol. The molecule has 0 radical (unpaired) electrons. The number of hydrogen-bond donors (Lipinski definition) is 1. The van der Waals surface area contributed by atoms with Crippen molar-refractivity contribution < 1.29 is 23.9 Å². The minimum atomic E-state index is -0.858. The van der Waals surface area contributed by atoms with E-state index in [9.17, 15) is 19.2 Å². The molecule has 0 saturated heterocycles. The molecule has 0 aliphatic carbocycles. The molecule has 0 saturated carbocycles. The number of ketones is 1. The Hall–Kier alpha value is -3.53. The second-order valence-electron chi connectivity index (χ2n) is 8.27. The van der Waals surface area contributed by atoms with Crippen molar-refractivity contribution in [2.75, 3.05) is 18.5 Å². The van der Waals surface area contributed by atoms with Gasteiger partial charge in [-0.15, -0.1) is 11.3 Å². The van der Waals surface area contributed by atoms with Crippen molar-refractivity contribution in [1.29, 1.82) is 0 Å². The molecule has 0 spiro atoms. The average molecular weight is 470 g/mol. The minimum Gasteiger partial charge on any atom is -0.482 e. The van der Waals surface area contributed by atoms with E-state index in [2.05, 4.69) is 10.3 Å². The molecule has 4 rings (SSSR count). The van der Waals surface area contributed by atoms with Crippen molar-refractivity contribution in [2.45, 2.75) is 33.7 Å². The molecular weight excluding hydrogens is 446 g/mol. The summed E-state index contributed by atoms with van der Waals surface area (Å²) >= 11 is 1.10. The van der Waals surface area contributed by atoms with Gasteiger partial charge in [0.25, 0.3) is 11.5 Å². The number of Topliss-reactive ketones (excluding diaryl/α,β-unsaturated/α-hetero) is 1. The SMILES string of the molecule is Cc1c(C(=O)OCC(C)C)sc2ncn(C(C)C(=O)c3ccc4c(c3)NC(=O)CO4)c(=O)c12. The lowest BCUT2D eigenvalue weighted by Crippen LogP contribution is -2.29. The molecule has 3 aromatic rings. The summed E-state index contributed by atoms with van der Waals surface area (Å²) < 4.78 is 11.9. The molecule has 172 valence electrons. The third-order valence-electron chi connectivity index (χ3n) is 5.30. The van der Waals surface area contributed by atoms with E-state index in [-0.39, 0.29) is 30.8 Å². The van der Waals surface area contributed by atoms with Gasteiger partial charge in [-0.1, -0.05) is 13.8 Å². The minimum absolute atomic E-state index is 0.0786. The van der Waals surface area contributed by atoms with Crippen LogP contribution >= 0.6 is 11.3 Å². The number of esters is 1. The molecule has 1 unspecified atom stereocenters. The summed E-state index contributed by atoms with van der Waals surface area (Å²) in [6.45, 7) is 7.36. The van der Waals surface area contributed by atoms with Gasteiger partial charge in [0, 0.05) is 5.56 Å². The van der Waals surface area contributed by atoms with Crippen LogP contribution in [0.3, 0.4) is 0 Å². The van der Waals surface area contributed by atoms with Crippen LogP contribution < -0.4 is 15.6 Å². The number of ether oxygens (including phenoxy) is 2. The number of aryl methyl sites for hydroxylation is 1. The number of aromatic nitrogens is 2. The van der Waals surface area contributed by atoms with Crippen molar-refractivity contribution >= 4 is 44.9 Å². The van der Waals surface area contributed by atoms with E-state index in [1.165, 1.54) is 17.0 Å². The van der Waals surface area contributed by atoms with Gasteiger partial charge in [-0.2, -0.15) is 0 Å². The van der Waals surface area contributed by atoms with Crippen molar-refractivity contribution in [3.05, 3.63) is 50.9 Å². The molecule has 1 aromatic carbocycles. The lowest BCUT2D eigenvalue weighted by Gasteiger charge is -2.19. The topological polar surface area (TPSA) is 117 Å². The number of benzene rings is 1. The van der Waals surface area contributed by atoms with Crippen LogP contribution in [0.1, 0.15) is 52.4 Å². The summed E-state index contributed by atoms with van der Waals surface area (Å²) in [5.41, 5.74) is 0.804. The molecule has 1 aliphatic rings. The van der Waals surface area contributed by atoms with Crippen LogP contribution in [0.2, 0.25) is 0 Å².